The summed E-state index contributed by atoms with van der Waals surface area (Å²) in [6.07, 6.45) is 3.51. The number of nitrogens with one attached hydrogen (secondary N) is 1. The van der Waals surface area contributed by atoms with Crippen molar-refractivity contribution in [2.75, 3.05) is 18.4 Å². The standard InChI is InChI=1S/C13H17N5/c1-10(7-14)8-16-13-5-4-12(17-18-13)11-3-2-6-15-9-11/h2-6,9-10H,7-8,14H2,1H3,(H,16,18). The number of anilines is 1. The van der Waals surface area contributed by atoms with E-state index in [1.807, 2.05) is 24.3 Å². The minimum atomic E-state index is 0.421. The molecule has 2 aromatic heterocycles. The Labute approximate surface area is 106 Å². The molecule has 2 rings (SSSR count). The van der Waals surface area contributed by atoms with Crippen molar-refractivity contribution in [1.82, 2.24) is 15.2 Å². The summed E-state index contributed by atoms with van der Waals surface area (Å²) in [6.45, 7) is 3.55. The quantitative estimate of drug-likeness (QED) is 0.833. The van der Waals surface area contributed by atoms with E-state index in [0.717, 1.165) is 23.6 Å². The van der Waals surface area contributed by atoms with Gasteiger partial charge in [0.2, 0.25) is 0 Å². The molecule has 0 radical (unpaired) electrons. The Kier molecular flexibility index (Phi) is 4.20. The lowest BCUT2D eigenvalue weighted by atomic mass is 10.2. The van der Waals surface area contributed by atoms with Crippen molar-refractivity contribution in [2.45, 2.75) is 6.92 Å². The molecule has 0 aliphatic heterocycles. The van der Waals surface area contributed by atoms with Crippen LogP contribution in [0.15, 0.2) is 36.7 Å². The molecule has 0 spiro atoms. The van der Waals surface area contributed by atoms with E-state index in [9.17, 15) is 0 Å². The minimum absolute atomic E-state index is 0.421. The van der Waals surface area contributed by atoms with Gasteiger partial charge in [-0.1, -0.05) is 6.92 Å². The molecule has 0 bridgehead atoms. The first-order valence-electron chi connectivity index (χ1n) is 5.97. The van der Waals surface area contributed by atoms with E-state index >= 15 is 0 Å². The molecule has 0 aliphatic carbocycles. The summed E-state index contributed by atoms with van der Waals surface area (Å²) < 4.78 is 0. The van der Waals surface area contributed by atoms with E-state index in [1.165, 1.54) is 0 Å². The Morgan fingerprint density at radius 3 is 2.78 bits per heavy atom. The second-order valence-corrected chi connectivity index (χ2v) is 4.27. The number of aromatic nitrogens is 3. The first kappa shape index (κ1) is 12.4. The van der Waals surface area contributed by atoms with Gasteiger partial charge in [0.25, 0.3) is 0 Å². The normalized spacial score (nSPS) is 12.1. The topological polar surface area (TPSA) is 76.7 Å². The van der Waals surface area contributed by atoms with Crippen LogP contribution in [0.3, 0.4) is 0 Å². The number of nitrogens with two attached hydrogens (primary N) is 1. The fourth-order valence-electron chi connectivity index (χ4n) is 1.46. The van der Waals surface area contributed by atoms with Crippen LogP contribution in [0.2, 0.25) is 0 Å². The summed E-state index contributed by atoms with van der Waals surface area (Å²) in [5, 5.41) is 11.5. The highest BCUT2D eigenvalue weighted by atomic mass is 15.2. The smallest absolute Gasteiger partial charge is 0.148 e. The van der Waals surface area contributed by atoms with Gasteiger partial charge in [0.05, 0.1) is 5.69 Å². The molecular formula is C13H17N5. The van der Waals surface area contributed by atoms with E-state index in [-0.39, 0.29) is 0 Å². The Balaban J connectivity index is 2.02. The van der Waals surface area contributed by atoms with Gasteiger partial charge in [0.15, 0.2) is 0 Å². The molecule has 2 aromatic rings. The first-order chi connectivity index (χ1) is 8.79. The maximum Gasteiger partial charge on any atom is 0.148 e. The highest BCUT2D eigenvalue weighted by Gasteiger charge is 2.02. The lowest BCUT2D eigenvalue weighted by Crippen LogP contribution is -2.20. The second kappa shape index (κ2) is 6.07. The van der Waals surface area contributed by atoms with Crippen molar-refractivity contribution in [3.8, 4) is 11.3 Å². The molecular weight excluding hydrogens is 226 g/mol. The van der Waals surface area contributed by atoms with E-state index in [1.54, 1.807) is 12.4 Å². The summed E-state index contributed by atoms with van der Waals surface area (Å²) >= 11 is 0. The third-order valence-corrected chi connectivity index (χ3v) is 2.66. The fourth-order valence-corrected chi connectivity index (χ4v) is 1.46. The number of hydrogen-bond donors (Lipinski definition) is 2. The van der Waals surface area contributed by atoms with E-state index in [0.29, 0.717) is 12.5 Å². The van der Waals surface area contributed by atoms with Gasteiger partial charge in [-0.3, -0.25) is 4.98 Å². The summed E-state index contributed by atoms with van der Waals surface area (Å²) in [5.41, 5.74) is 7.34. The van der Waals surface area contributed by atoms with Crippen LogP contribution in [0.4, 0.5) is 5.82 Å². The fraction of sp³-hybridized carbons (Fsp3) is 0.308. The van der Waals surface area contributed by atoms with Gasteiger partial charge in [-0.15, -0.1) is 10.2 Å². The van der Waals surface area contributed by atoms with Crippen LogP contribution < -0.4 is 11.1 Å². The van der Waals surface area contributed by atoms with Gasteiger partial charge < -0.3 is 11.1 Å². The lowest BCUT2D eigenvalue weighted by Gasteiger charge is -2.10. The summed E-state index contributed by atoms with van der Waals surface area (Å²) in [4.78, 5) is 4.06. The van der Waals surface area contributed by atoms with Crippen molar-refractivity contribution in [2.24, 2.45) is 11.7 Å². The number of nitrogens with zero attached hydrogens (tertiary/aromatic N) is 3. The lowest BCUT2D eigenvalue weighted by molar-refractivity contribution is 0.626. The van der Waals surface area contributed by atoms with Crippen LogP contribution in [-0.4, -0.2) is 28.3 Å². The maximum atomic E-state index is 5.55. The highest BCUT2D eigenvalue weighted by molar-refractivity contribution is 5.57. The highest BCUT2D eigenvalue weighted by Crippen LogP contribution is 2.15. The molecule has 18 heavy (non-hydrogen) atoms. The van der Waals surface area contributed by atoms with Gasteiger partial charge in [0, 0.05) is 24.5 Å². The molecule has 0 amide bonds. The van der Waals surface area contributed by atoms with E-state index < -0.39 is 0 Å². The molecule has 1 unspecified atom stereocenters. The zero-order valence-corrected chi connectivity index (χ0v) is 10.4. The Hall–Kier alpha value is -2.01. The molecule has 0 aromatic carbocycles. The van der Waals surface area contributed by atoms with Gasteiger partial charge >= 0.3 is 0 Å². The third-order valence-electron chi connectivity index (χ3n) is 2.66. The van der Waals surface area contributed by atoms with Gasteiger partial charge in [-0.05, 0) is 36.7 Å². The average Bonchev–Trinajstić information content (AvgIpc) is 2.46. The largest absolute Gasteiger partial charge is 0.368 e. The Morgan fingerprint density at radius 1 is 1.28 bits per heavy atom. The van der Waals surface area contributed by atoms with E-state index in [4.69, 9.17) is 5.73 Å². The molecule has 0 saturated carbocycles. The van der Waals surface area contributed by atoms with Crippen molar-refractivity contribution < 1.29 is 0 Å². The average molecular weight is 243 g/mol. The minimum Gasteiger partial charge on any atom is -0.368 e. The van der Waals surface area contributed by atoms with Crippen LogP contribution in [0.25, 0.3) is 11.3 Å². The number of hydrogen-bond acceptors (Lipinski definition) is 5. The summed E-state index contributed by atoms with van der Waals surface area (Å²) in [7, 11) is 0. The van der Waals surface area contributed by atoms with Crippen LogP contribution in [0, 0.1) is 5.92 Å². The molecule has 2 heterocycles. The molecule has 1 atom stereocenters. The SMILES string of the molecule is CC(CN)CNc1ccc(-c2cccnc2)nn1. The summed E-state index contributed by atoms with van der Waals surface area (Å²) in [5.74, 6) is 1.19. The molecule has 0 aliphatic rings. The number of rotatable bonds is 5. The predicted molar refractivity (Wildman–Crippen MR) is 72.0 cm³/mol. The van der Waals surface area contributed by atoms with Crippen LogP contribution in [-0.2, 0) is 0 Å². The third kappa shape index (κ3) is 3.24. The second-order valence-electron chi connectivity index (χ2n) is 4.27. The first-order valence-corrected chi connectivity index (χ1v) is 5.97. The van der Waals surface area contributed by atoms with Crippen LogP contribution >= 0.6 is 0 Å². The van der Waals surface area contributed by atoms with Crippen LogP contribution in [0.1, 0.15) is 6.92 Å². The Morgan fingerprint density at radius 2 is 2.17 bits per heavy atom. The van der Waals surface area contributed by atoms with Gasteiger partial charge in [0.1, 0.15) is 5.82 Å². The maximum absolute atomic E-state index is 5.55. The summed E-state index contributed by atoms with van der Waals surface area (Å²) in [6, 6.07) is 7.69. The monoisotopic (exact) mass is 243 g/mol. The zero-order chi connectivity index (χ0) is 12.8. The van der Waals surface area contributed by atoms with E-state index in [2.05, 4.69) is 27.4 Å². The van der Waals surface area contributed by atoms with Crippen molar-refractivity contribution in [3.05, 3.63) is 36.7 Å². The number of pyridine rings is 1. The molecule has 5 nitrogen and oxygen atoms in total. The molecule has 0 fully saturated rings. The predicted octanol–water partition coefficient (Wildman–Crippen LogP) is 1.55. The Bertz CT molecular complexity index is 469. The van der Waals surface area contributed by atoms with Crippen molar-refractivity contribution in [1.29, 1.82) is 0 Å². The van der Waals surface area contributed by atoms with Crippen LogP contribution in [0.5, 0.6) is 0 Å². The molecule has 5 heteroatoms. The molecule has 3 N–H and O–H groups in total. The zero-order valence-electron chi connectivity index (χ0n) is 10.4. The van der Waals surface area contributed by atoms with Gasteiger partial charge in [-0.25, -0.2) is 0 Å². The van der Waals surface area contributed by atoms with Gasteiger partial charge in [-0.2, -0.15) is 0 Å². The molecule has 0 saturated heterocycles. The van der Waals surface area contributed by atoms with Crippen molar-refractivity contribution in [3.63, 3.8) is 0 Å². The van der Waals surface area contributed by atoms with Crippen molar-refractivity contribution >= 4 is 5.82 Å². The molecule has 94 valence electrons.